The fourth-order valence-corrected chi connectivity index (χ4v) is 3.33. The van der Waals surface area contributed by atoms with Crippen LogP contribution in [0.15, 0.2) is 59.2 Å². The highest BCUT2D eigenvalue weighted by Gasteiger charge is 2.40. The van der Waals surface area contributed by atoms with Gasteiger partial charge in [0.15, 0.2) is 6.10 Å². The van der Waals surface area contributed by atoms with E-state index in [9.17, 15) is 0 Å². The number of hydrogen-bond donors (Lipinski definition) is 0. The normalized spacial score (nSPS) is 23.5. The monoisotopic (exact) mass is 310 g/mol. The Balaban J connectivity index is 1.89. The third-order valence-corrected chi connectivity index (χ3v) is 4.42. The lowest BCUT2D eigenvalue weighted by molar-refractivity contribution is -0.105. The smallest absolute Gasteiger partial charge is 0.153 e. The Labute approximate surface area is 134 Å². The highest BCUT2D eigenvalue weighted by Crippen LogP contribution is 2.47. The molecule has 0 aliphatic carbocycles. The summed E-state index contributed by atoms with van der Waals surface area (Å²) in [4.78, 5) is 0. The van der Waals surface area contributed by atoms with E-state index < -0.39 is 0 Å². The van der Waals surface area contributed by atoms with Crippen LogP contribution < -0.4 is 4.74 Å². The van der Waals surface area contributed by atoms with Crippen molar-refractivity contribution >= 4 is 11.0 Å². The predicted octanol–water partition coefficient (Wildman–Crippen LogP) is 4.27. The van der Waals surface area contributed by atoms with Crippen molar-refractivity contribution in [2.24, 2.45) is 0 Å². The Bertz CT molecular complexity index is 809. The van der Waals surface area contributed by atoms with Crippen LogP contribution in [0.25, 0.3) is 11.0 Å². The summed E-state index contributed by atoms with van der Waals surface area (Å²) < 4.78 is 23.4. The van der Waals surface area contributed by atoms with Crippen LogP contribution in [0, 0.1) is 0 Å². The SMILES string of the molecule is CO[C@H]1[C@H](OC)c2ccc3occc3c2O[C@H]1c1ccccc1. The highest BCUT2D eigenvalue weighted by atomic mass is 16.6. The molecule has 3 aromatic rings. The number of ether oxygens (including phenoxy) is 3. The van der Waals surface area contributed by atoms with E-state index >= 15 is 0 Å². The molecule has 1 aliphatic rings. The zero-order valence-electron chi connectivity index (χ0n) is 13.1. The van der Waals surface area contributed by atoms with Crippen molar-refractivity contribution in [3.8, 4) is 5.75 Å². The summed E-state index contributed by atoms with van der Waals surface area (Å²) >= 11 is 0. The molecule has 0 bridgehead atoms. The Morgan fingerprint density at radius 2 is 1.74 bits per heavy atom. The van der Waals surface area contributed by atoms with Gasteiger partial charge < -0.3 is 18.6 Å². The average Bonchev–Trinajstić information content (AvgIpc) is 3.09. The first kappa shape index (κ1) is 14.3. The first-order valence-corrected chi connectivity index (χ1v) is 7.60. The Morgan fingerprint density at radius 3 is 2.48 bits per heavy atom. The van der Waals surface area contributed by atoms with E-state index in [1.165, 1.54) is 0 Å². The maximum atomic E-state index is 6.36. The number of hydrogen-bond acceptors (Lipinski definition) is 4. The average molecular weight is 310 g/mol. The minimum absolute atomic E-state index is 0.201. The number of methoxy groups -OCH3 is 2. The van der Waals surface area contributed by atoms with Gasteiger partial charge in [0.05, 0.1) is 11.6 Å². The standard InChI is InChI=1S/C19H18O4/c1-20-18-14-8-9-15-13(10-11-22-15)17(14)23-16(19(18)21-2)12-6-4-3-5-7-12/h3-11,16,18-19H,1-2H3/t16-,18+,19+/m0/s1. The molecule has 0 unspecified atom stereocenters. The molecule has 0 radical (unpaired) electrons. The quantitative estimate of drug-likeness (QED) is 0.724. The summed E-state index contributed by atoms with van der Waals surface area (Å²) in [6.45, 7) is 0. The van der Waals surface area contributed by atoms with Gasteiger partial charge in [-0.2, -0.15) is 0 Å². The number of benzene rings is 2. The van der Waals surface area contributed by atoms with Crippen molar-refractivity contribution in [1.29, 1.82) is 0 Å². The molecule has 23 heavy (non-hydrogen) atoms. The molecular weight excluding hydrogens is 292 g/mol. The molecule has 0 N–H and O–H groups in total. The van der Waals surface area contributed by atoms with Crippen molar-refractivity contribution in [1.82, 2.24) is 0 Å². The molecule has 0 fully saturated rings. The zero-order chi connectivity index (χ0) is 15.8. The number of furan rings is 1. The summed E-state index contributed by atoms with van der Waals surface area (Å²) in [5.74, 6) is 0.810. The van der Waals surface area contributed by atoms with Gasteiger partial charge in [-0.25, -0.2) is 0 Å². The van der Waals surface area contributed by atoms with Crippen molar-refractivity contribution in [3.63, 3.8) is 0 Å². The van der Waals surface area contributed by atoms with E-state index in [2.05, 4.69) is 0 Å². The fourth-order valence-electron chi connectivity index (χ4n) is 3.33. The van der Waals surface area contributed by atoms with Crippen LogP contribution in [0.2, 0.25) is 0 Å². The summed E-state index contributed by atoms with van der Waals surface area (Å²) in [6, 6.07) is 15.9. The molecule has 4 nitrogen and oxygen atoms in total. The molecule has 0 spiro atoms. The second-order valence-corrected chi connectivity index (χ2v) is 5.62. The molecule has 2 aromatic carbocycles. The molecule has 4 heteroatoms. The maximum Gasteiger partial charge on any atom is 0.153 e. The first-order chi connectivity index (χ1) is 11.3. The van der Waals surface area contributed by atoms with Gasteiger partial charge in [0.25, 0.3) is 0 Å². The molecule has 0 saturated carbocycles. The van der Waals surface area contributed by atoms with Crippen molar-refractivity contribution < 1.29 is 18.6 Å². The lowest BCUT2D eigenvalue weighted by Gasteiger charge is -2.38. The molecular formula is C19H18O4. The van der Waals surface area contributed by atoms with E-state index in [1.54, 1.807) is 20.5 Å². The van der Waals surface area contributed by atoms with E-state index in [1.807, 2.05) is 48.5 Å². The Morgan fingerprint density at radius 1 is 0.913 bits per heavy atom. The fraction of sp³-hybridized carbons (Fsp3) is 0.263. The number of fused-ring (bicyclic) bond motifs is 3. The maximum absolute atomic E-state index is 6.36. The molecule has 2 heterocycles. The molecule has 4 rings (SSSR count). The minimum Gasteiger partial charge on any atom is -0.482 e. The summed E-state index contributed by atoms with van der Waals surface area (Å²) in [7, 11) is 3.39. The van der Waals surface area contributed by atoms with Crippen molar-refractivity contribution in [2.75, 3.05) is 14.2 Å². The molecule has 0 saturated heterocycles. The van der Waals surface area contributed by atoms with Gasteiger partial charge in [0.2, 0.25) is 0 Å². The van der Waals surface area contributed by atoms with E-state index in [4.69, 9.17) is 18.6 Å². The van der Waals surface area contributed by atoms with Gasteiger partial charge in [0.1, 0.15) is 23.5 Å². The number of rotatable bonds is 3. The largest absolute Gasteiger partial charge is 0.482 e. The summed E-state index contributed by atoms with van der Waals surface area (Å²) in [5, 5.41) is 0.958. The third kappa shape index (κ3) is 2.22. The van der Waals surface area contributed by atoms with Crippen LogP contribution in [-0.4, -0.2) is 20.3 Å². The highest BCUT2D eigenvalue weighted by molar-refractivity contribution is 5.86. The third-order valence-electron chi connectivity index (χ3n) is 4.42. The molecule has 1 aromatic heterocycles. The van der Waals surface area contributed by atoms with E-state index in [-0.39, 0.29) is 18.3 Å². The summed E-state index contributed by atoms with van der Waals surface area (Å²) in [5.41, 5.74) is 2.86. The first-order valence-electron chi connectivity index (χ1n) is 7.60. The molecule has 1 aliphatic heterocycles. The van der Waals surface area contributed by atoms with Crippen LogP contribution in [0.5, 0.6) is 5.75 Å². The molecule has 0 amide bonds. The lowest BCUT2D eigenvalue weighted by Crippen LogP contribution is -2.36. The van der Waals surface area contributed by atoms with Gasteiger partial charge in [0, 0.05) is 19.8 Å². The predicted molar refractivity (Wildman–Crippen MR) is 86.6 cm³/mol. The van der Waals surface area contributed by atoms with Gasteiger partial charge in [-0.05, 0) is 23.8 Å². The second-order valence-electron chi connectivity index (χ2n) is 5.62. The van der Waals surface area contributed by atoms with Crippen molar-refractivity contribution in [2.45, 2.75) is 18.3 Å². The van der Waals surface area contributed by atoms with E-state index in [0.29, 0.717) is 0 Å². The summed E-state index contributed by atoms with van der Waals surface area (Å²) in [6.07, 6.45) is 1.02. The van der Waals surface area contributed by atoms with Crippen LogP contribution in [0.1, 0.15) is 23.3 Å². The molecule has 118 valence electrons. The minimum atomic E-state index is -0.237. The van der Waals surface area contributed by atoms with Crippen LogP contribution >= 0.6 is 0 Å². The Kier molecular flexibility index (Phi) is 3.56. The van der Waals surface area contributed by atoms with Crippen molar-refractivity contribution in [3.05, 3.63) is 65.9 Å². The van der Waals surface area contributed by atoms with Crippen LogP contribution in [-0.2, 0) is 9.47 Å². The van der Waals surface area contributed by atoms with Gasteiger partial charge in [-0.1, -0.05) is 30.3 Å². The van der Waals surface area contributed by atoms with Gasteiger partial charge >= 0.3 is 0 Å². The lowest BCUT2D eigenvalue weighted by atomic mass is 9.91. The zero-order valence-corrected chi connectivity index (χ0v) is 13.1. The van der Waals surface area contributed by atoms with E-state index in [0.717, 1.165) is 27.8 Å². The molecule has 3 atom stereocenters. The topological polar surface area (TPSA) is 40.8 Å². The van der Waals surface area contributed by atoms with Crippen LogP contribution in [0.3, 0.4) is 0 Å². The van der Waals surface area contributed by atoms with Crippen LogP contribution in [0.4, 0.5) is 0 Å². The van der Waals surface area contributed by atoms with Gasteiger partial charge in [-0.3, -0.25) is 0 Å². The van der Waals surface area contributed by atoms with Gasteiger partial charge in [-0.15, -0.1) is 0 Å². The second kappa shape index (κ2) is 5.72. The Hall–Kier alpha value is -2.30.